The molecule has 0 aromatic rings. The molecule has 0 bridgehead atoms. The van der Waals surface area contributed by atoms with Crippen LogP contribution >= 0.6 is 0 Å². The molecule has 0 amide bonds. The van der Waals surface area contributed by atoms with Crippen molar-refractivity contribution in [2.75, 3.05) is 6.61 Å². The number of esters is 1. The summed E-state index contributed by atoms with van der Waals surface area (Å²) in [4.78, 5) is 24.6. The first-order valence-electron chi connectivity index (χ1n) is 13.4. The molecular weight excluding hydrogens is 388 g/mol. The summed E-state index contributed by atoms with van der Waals surface area (Å²) in [5, 5.41) is 0. The highest BCUT2D eigenvalue weighted by molar-refractivity contribution is 5.83. The summed E-state index contributed by atoms with van der Waals surface area (Å²) in [6.07, 6.45) is 16.6. The molecule has 5 aliphatic rings. The van der Waals surface area contributed by atoms with Gasteiger partial charge in [0.25, 0.3) is 0 Å². The zero-order valence-corrected chi connectivity index (χ0v) is 19.4. The second-order valence-electron chi connectivity index (χ2n) is 11.7. The number of hydrogen-bond acceptors (Lipinski definition) is 4. The van der Waals surface area contributed by atoms with Gasteiger partial charge in [-0.15, -0.1) is 0 Å². The lowest BCUT2D eigenvalue weighted by Crippen LogP contribution is -2.27. The number of carbonyl (C=O) groups excluding carboxylic acids is 2. The van der Waals surface area contributed by atoms with E-state index in [4.69, 9.17) is 9.47 Å². The highest BCUT2D eigenvalue weighted by Crippen LogP contribution is 2.50. The van der Waals surface area contributed by atoms with Crippen LogP contribution in [0.4, 0.5) is 0 Å². The zero-order chi connectivity index (χ0) is 21.4. The quantitative estimate of drug-likeness (QED) is 0.239. The molecule has 174 valence electrons. The summed E-state index contributed by atoms with van der Waals surface area (Å²) in [6, 6.07) is 0. The molecule has 1 heterocycles. The largest absolute Gasteiger partial charge is 0.465 e. The molecule has 1 saturated heterocycles. The third-order valence-corrected chi connectivity index (χ3v) is 9.19. The molecule has 1 aliphatic heterocycles. The average Bonchev–Trinajstić information content (AvgIpc) is 3.60. The van der Waals surface area contributed by atoms with Gasteiger partial charge in [-0.2, -0.15) is 0 Å². The lowest BCUT2D eigenvalue weighted by Gasteiger charge is -2.34. The maximum Gasteiger partial charge on any atom is 0.305 e. The molecule has 4 saturated carbocycles. The Morgan fingerprint density at radius 3 is 2.45 bits per heavy atom. The monoisotopic (exact) mass is 430 g/mol. The highest BCUT2D eigenvalue weighted by atomic mass is 16.6. The van der Waals surface area contributed by atoms with Crippen molar-refractivity contribution in [1.82, 2.24) is 0 Å². The Bertz CT molecular complexity index is 656. The van der Waals surface area contributed by atoms with Crippen molar-refractivity contribution in [3.63, 3.8) is 0 Å². The Morgan fingerprint density at radius 1 is 0.871 bits per heavy atom. The molecule has 5 rings (SSSR count). The van der Waals surface area contributed by atoms with Gasteiger partial charge >= 0.3 is 5.97 Å². The Morgan fingerprint density at radius 2 is 1.68 bits per heavy atom. The van der Waals surface area contributed by atoms with Crippen molar-refractivity contribution in [2.45, 2.75) is 109 Å². The second kappa shape index (κ2) is 9.53. The molecule has 0 radical (unpaired) electrons. The van der Waals surface area contributed by atoms with Crippen LogP contribution in [0.25, 0.3) is 0 Å². The van der Waals surface area contributed by atoms with E-state index in [9.17, 15) is 9.59 Å². The van der Waals surface area contributed by atoms with Gasteiger partial charge in [0.05, 0.1) is 18.8 Å². The molecule has 8 unspecified atom stereocenters. The molecule has 4 nitrogen and oxygen atoms in total. The first-order chi connectivity index (χ1) is 15.1. The van der Waals surface area contributed by atoms with Crippen LogP contribution in [0, 0.1) is 41.4 Å². The predicted octanol–water partition coefficient (Wildman–Crippen LogP) is 5.72. The van der Waals surface area contributed by atoms with Crippen LogP contribution in [-0.2, 0) is 19.1 Å². The van der Waals surface area contributed by atoms with Crippen molar-refractivity contribution >= 4 is 11.8 Å². The van der Waals surface area contributed by atoms with E-state index in [1.807, 2.05) is 0 Å². The van der Waals surface area contributed by atoms with Gasteiger partial charge < -0.3 is 9.47 Å². The second-order valence-corrected chi connectivity index (χ2v) is 11.7. The summed E-state index contributed by atoms with van der Waals surface area (Å²) in [5.74, 6) is 5.39. The summed E-state index contributed by atoms with van der Waals surface area (Å²) in [5.41, 5.74) is 0. The van der Waals surface area contributed by atoms with Gasteiger partial charge in [-0.05, 0) is 113 Å². The topological polar surface area (TPSA) is 55.9 Å². The summed E-state index contributed by atoms with van der Waals surface area (Å²) >= 11 is 0. The number of hydrogen-bond donors (Lipinski definition) is 0. The Kier molecular flexibility index (Phi) is 6.74. The maximum absolute atomic E-state index is 12.5. The normalized spacial score (nSPS) is 41.3. The third-order valence-electron chi connectivity index (χ3n) is 9.19. The SMILES string of the molecule is CC1CC(COC(=O)CCCCC(=O)C2CC2CC2CCC3OC3C2)CCC1C1CC1. The van der Waals surface area contributed by atoms with E-state index in [0.29, 0.717) is 55.2 Å². The van der Waals surface area contributed by atoms with Gasteiger partial charge in [-0.3, -0.25) is 9.59 Å². The predicted molar refractivity (Wildman–Crippen MR) is 119 cm³/mol. The van der Waals surface area contributed by atoms with Crippen LogP contribution in [-0.4, -0.2) is 30.6 Å². The minimum absolute atomic E-state index is 0.0633. The Balaban J connectivity index is 0.893. The Hall–Kier alpha value is -0.900. The number of fused-ring (bicyclic) bond motifs is 1. The number of ketones is 1. The maximum atomic E-state index is 12.5. The zero-order valence-electron chi connectivity index (χ0n) is 19.4. The third kappa shape index (κ3) is 5.92. The standard InChI is InChI=1S/C27H42O4/c1-17-12-19(6-10-22(17)20-8-9-20)16-30-27(29)5-3-2-4-24(28)23-15-21(23)13-18-7-11-25-26(14-18)31-25/h17-23,25-26H,2-16H2,1H3. The molecule has 4 aliphatic carbocycles. The minimum Gasteiger partial charge on any atom is -0.465 e. The van der Waals surface area contributed by atoms with Gasteiger partial charge in [0.1, 0.15) is 5.78 Å². The Labute approximate surface area is 188 Å². The smallest absolute Gasteiger partial charge is 0.305 e. The number of epoxide rings is 1. The lowest BCUT2D eigenvalue weighted by molar-refractivity contribution is -0.146. The van der Waals surface area contributed by atoms with E-state index in [1.54, 1.807) is 0 Å². The lowest BCUT2D eigenvalue weighted by atomic mass is 9.73. The van der Waals surface area contributed by atoms with Crippen LogP contribution in [0.15, 0.2) is 0 Å². The van der Waals surface area contributed by atoms with Crippen molar-refractivity contribution in [3.8, 4) is 0 Å². The van der Waals surface area contributed by atoms with Crippen LogP contribution in [0.5, 0.6) is 0 Å². The highest BCUT2D eigenvalue weighted by Gasteiger charge is 2.48. The molecule has 0 aromatic carbocycles. The molecule has 8 atom stereocenters. The van der Waals surface area contributed by atoms with Crippen LogP contribution in [0.2, 0.25) is 0 Å². The fraction of sp³-hybridized carbons (Fsp3) is 0.926. The van der Waals surface area contributed by atoms with Gasteiger partial charge in [-0.25, -0.2) is 0 Å². The fourth-order valence-electron chi connectivity index (χ4n) is 6.98. The number of unbranched alkanes of at least 4 members (excludes halogenated alkanes) is 1. The molecular formula is C27H42O4. The van der Waals surface area contributed by atoms with Crippen LogP contribution in [0.3, 0.4) is 0 Å². The van der Waals surface area contributed by atoms with Crippen LogP contribution in [0.1, 0.15) is 96.8 Å². The summed E-state index contributed by atoms with van der Waals surface area (Å²) in [7, 11) is 0. The average molecular weight is 431 g/mol. The van der Waals surface area contributed by atoms with E-state index in [1.165, 1.54) is 57.8 Å². The number of rotatable bonds is 11. The summed E-state index contributed by atoms with van der Waals surface area (Å²) < 4.78 is 11.2. The van der Waals surface area contributed by atoms with E-state index >= 15 is 0 Å². The molecule has 4 heteroatoms. The molecule has 5 fully saturated rings. The van der Waals surface area contributed by atoms with E-state index in [0.717, 1.165) is 42.9 Å². The number of Topliss-reactive ketones (excluding diaryl/α,β-unsaturated/α-hetero) is 1. The van der Waals surface area contributed by atoms with Gasteiger partial charge in [-0.1, -0.05) is 6.92 Å². The minimum atomic E-state index is -0.0633. The first-order valence-corrected chi connectivity index (χ1v) is 13.4. The van der Waals surface area contributed by atoms with Crippen LogP contribution < -0.4 is 0 Å². The first kappa shape index (κ1) is 21.9. The van der Waals surface area contributed by atoms with Crippen molar-refractivity contribution in [1.29, 1.82) is 0 Å². The number of ether oxygens (including phenoxy) is 2. The van der Waals surface area contributed by atoms with Crippen molar-refractivity contribution < 1.29 is 19.1 Å². The van der Waals surface area contributed by atoms with E-state index in [-0.39, 0.29) is 5.97 Å². The molecule has 0 N–H and O–H groups in total. The van der Waals surface area contributed by atoms with Gasteiger partial charge in [0.15, 0.2) is 0 Å². The molecule has 31 heavy (non-hydrogen) atoms. The summed E-state index contributed by atoms with van der Waals surface area (Å²) in [6.45, 7) is 3.00. The van der Waals surface area contributed by atoms with Gasteiger partial charge in [0, 0.05) is 18.8 Å². The van der Waals surface area contributed by atoms with E-state index in [2.05, 4.69) is 6.92 Å². The van der Waals surface area contributed by atoms with Crippen molar-refractivity contribution in [2.24, 2.45) is 41.4 Å². The molecule has 0 aromatic heterocycles. The van der Waals surface area contributed by atoms with E-state index < -0.39 is 0 Å². The fourth-order valence-corrected chi connectivity index (χ4v) is 6.98. The van der Waals surface area contributed by atoms with Crippen molar-refractivity contribution in [3.05, 3.63) is 0 Å². The molecule has 0 spiro atoms. The van der Waals surface area contributed by atoms with Gasteiger partial charge in [0.2, 0.25) is 0 Å². The number of carbonyl (C=O) groups is 2.